The van der Waals surface area contributed by atoms with Crippen molar-refractivity contribution in [1.82, 2.24) is 26.1 Å². The number of halogens is 1. The molecule has 23 heavy (non-hydrogen) atoms. The Bertz CT molecular complexity index is 510. The third-order valence-electron chi connectivity index (χ3n) is 2.44. The summed E-state index contributed by atoms with van der Waals surface area (Å²) in [5, 5.41) is 12.8. The second kappa shape index (κ2) is 10.4. The molecule has 9 heteroatoms. The number of guanidine groups is 1. The van der Waals surface area contributed by atoms with Gasteiger partial charge in [0.25, 0.3) is 0 Å². The first-order valence-electron chi connectivity index (χ1n) is 7.42. The van der Waals surface area contributed by atoms with Crippen LogP contribution in [0, 0.1) is 6.92 Å². The average molecular weight is 438 g/mol. The zero-order chi connectivity index (χ0) is 16.6. The summed E-state index contributed by atoms with van der Waals surface area (Å²) in [7, 11) is 0. The van der Waals surface area contributed by atoms with E-state index >= 15 is 0 Å². The monoisotopic (exact) mass is 438 g/mol. The number of aromatic nitrogens is 2. The molecular weight excluding hydrogens is 411 g/mol. The molecule has 0 saturated heterocycles. The molecular formula is C14H27IN6O2. The summed E-state index contributed by atoms with van der Waals surface area (Å²) in [6, 6.07) is 0. The molecule has 3 N–H and O–H groups in total. The molecule has 0 aliphatic carbocycles. The molecule has 0 aromatic carbocycles. The van der Waals surface area contributed by atoms with Crippen molar-refractivity contribution in [2.24, 2.45) is 4.99 Å². The van der Waals surface area contributed by atoms with E-state index in [0.29, 0.717) is 37.2 Å². The maximum Gasteiger partial charge on any atom is 0.242 e. The van der Waals surface area contributed by atoms with Crippen LogP contribution in [0.3, 0.4) is 0 Å². The maximum absolute atomic E-state index is 11.8. The van der Waals surface area contributed by atoms with Gasteiger partial charge in [0.2, 0.25) is 11.8 Å². The van der Waals surface area contributed by atoms with Gasteiger partial charge in [0.1, 0.15) is 6.54 Å². The summed E-state index contributed by atoms with van der Waals surface area (Å²) in [6.45, 7) is 10.9. The van der Waals surface area contributed by atoms with Gasteiger partial charge in [-0.05, 0) is 34.6 Å². The van der Waals surface area contributed by atoms with E-state index < -0.39 is 0 Å². The van der Waals surface area contributed by atoms with Crippen LogP contribution in [0.5, 0.6) is 0 Å². The Hall–Kier alpha value is -1.39. The first kappa shape index (κ1) is 21.6. The summed E-state index contributed by atoms with van der Waals surface area (Å²) >= 11 is 0. The number of carbonyl (C=O) groups excluding carboxylic acids is 1. The first-order valence-corrected chi connectivity index (χ1v) is 7.42. The quantitative estimate of drug-likeness (QED) is 0.348. The van der Waals surface area contributed by atoms with Crippen molar-refractivity contribution in [3.05, 3.63) is 11.7 Å². The van der Waals surface area contributed by atoms with E-state index in [0.717, 1.165) is 0 Å². The lowest BCUT2D eigenvalue weighted by molar-refractivity contribution is -0.121. The van der Waals surface area contributed by atoms with Crippen LogP contribution in [0.25, 0.3) is 0 Å². The van der Waals surface area contributed by atoms with Crippen LogP contribution in [0.2, 0.25) is 0 Å². The van der Waals surface area contributed by atoms with E-state index in [9.17, 15) is 4.79 Å². The minimum atomic E-state index is -0.256. The Balaban J connectivity index is 0.00000484. The number of carbonyl (C=O) groups is 1. The van der Waals surface area contributed by atoms with E-state index in [1.165, 1.54) is 0 Å². The second-order valence-corrected chi connectivity index (χ2v) is 5.91. The number of hydrogen-bond acceptors (Lipinski definition) is 5. The van der Waals surface area contributed by atoms with Crippen molar-refractivity contribution in [2.45, 2.75) is 46.6 Å². The number of hydrogen-bond donors (Lipinski definition) is 3. The largest absolute Gasteiger partial charge is 0.357 e. The van der Waals surface area contributed by atoms with Crippen LogP contribution in [0.1, 0.15) is 39.4 Å². The maximum atomic E-state index is 11.8. The minimum absolute atomic E-state index is 0. The third kappa shape index (κ3) is 10.1. The fourth-order valence-electron chi connectivity index (χ4n) is 1.68. The van der Waals surface area contributed by atoms with Gasteiger partial charge < -0.3 is 20.5 Å². The lowest BCUT2D eigenvalue weighted by Crippen LogP contribution is -2.43. The molecule has 1 rings (SSSR count). The molecule has 132 valence electrons. The van der Waals surface area contributed by atoms with Gasteiger partial charge in [-0.2, -0.15) is 4.98 Å². The lowest BCUT2D eigenvalue weighted by Gasteiger charge is -2.20. The van der Waals surface area contributed by atoms with Crippen molar-refractivity contribution < 1.29 is 9.32 Å². The first-order chi connectivity index (χ1) is 10.3. The molecule has 0 radical (unpaired) electrons. The molecule has 0 aliphatic heterocycles. The van der Waals surface area contributed by atoms with Crippen LogP contribution < -0.4 is 16.0 Å². The Morgan fingerprint density at radius 2 is 2.00 bits per heavy atom. The van der Waals surface area contributed by atoms with E-state index in [2.05, 4.69) is 31.1 Å². The fraction of sp³-hybridized carbons (Fsp3) is 0.714. The molecule has 1 aromatic rings. The predicted octanol–water partition coefficient (Wildman–Crippen LogP) is 1.01. The van der Waals surface area contributed by atoms with E-state index in [-0.39, 0.29) is 42.0 Å². The van der Waals surface area contributed by atoms with Crippen molar-refractivity contribution in [3.8, 4) is 0 Å². The molecule has 1 amide bonds. The third-order valence-corrected chi connectivity index (χ3v) is 2.44. The van der Waals surface area contributed by atoms with E-state index in [1.54, 1.807) is 6.92 Å². The SMILES string of the molecule is CCNC(=NCC(=O)NC(C)(C)C)NCCc1nc(C)no1.I. The highest BCUT2D eigenvalue weighted by Gasteiger charge is 2.13. The van der Waals surface area contributed by atoms with Crippen molar-refractivity contribution in [2.75, 3.05) is 19.6 Å². The number of amides is 1. The van der Waals surface area contributed by atoms with Crippen molar-refractivity contribution in [1.29, 1.82) is 0 Å². The molecule has 0 bridgehead atoms. The van der Waals surface area contributed by atoms with Gasteiger partial charge in [-0.1, -0.05) is 5.16 Å². The van der Waals surface area contributed by atoms with Gasteiger partial charge in [0.05, 0.1) is 0 Å². The Morgan fingerprint density at radius 3 is 2.52 bits per heavy atom. The molecule has 8 nitrogen and oxygen atoms in total. The molecule has 0 fully saturated rings. The highest BCUT2D eigenvalue weighted by molar-refractivity contribution is 14.0. The molecule has 0 atom stereocenters. The van der Waals surface area contributed by atoms with Gasteiger partial charge in [-0.15, -0.1) is 24.0 Å². The topological polar surface area (TPSA) is 104 Å². The van der Waals surface area contributed by atoms with E-state index in [1.807, 2.05) is 27.7 Å². The number of nitrogens with zero attached hydrogens (tertiary/aromatic N) is 3. The van der Waals surface area contributed by atoms with Crippen LogP contribution in [0.15, 0.2) is 9.52 Å². The number of rotatable bonds is 6. The highest BCUT2D eigenvalue weighted by Crippen LogP contribution is 1.98. The normalized spacial score (nSPS) is 11.6. The van der Waals surface area contributed by atoms with E-state index in [4.69, 9.17) is 4.52 Å². The fourth-order valence-corrected chi connectivity index (χ4v) is 1.68. The molecule has 1 heterocycles. The smallest absolute Gasteiger partial charge is 0.242 e. The van der Waals surface area contributed by atoms with Gasteiger partial charge >= 0.3 is 0 Å². The molecule has 0 unspecified atom stereocenters. The summed E-state index contributed by atoms with van der Waals surface area (Å²) in [5.74, 6) is 1.67. The van der Waals surface area contributed by atoms with Crippen LogP contribution >= 0.6 is 24.0 Å². The van der Waals surface area contributed by atoms with Gasteiger partial charge in [0.15, 0.2) is 11.8 Å². The average Bonchev–Trinajstić information content (AvgIpc) is 2.80. The Morgan fingerprint density at radius 1 is 1.30 bits per heavy atom. The van der Waals surface area contributed by atoms with Crippen LogP contribution in [-0.4, -0.2) is 47.2 Å². The van der Waals surface area contributed by atoms with Crippen LogP contribution in [0.4, 0.5) is 0 Å². The zero-order valence-electron chi connectivity index (χ0n) is 14.4. The molecule has 0 aliphatic rings. The Labute approximate surface area is 154 Å². The second-order valence-electron chi connectivity index (χ2n) is 5.91. The zero-order valence-corrected chi connectivity index (χ0v) is 16.7. The number of aliphatic imine (C=N–C) groups is 1. The number of nitrogens with one attached hydrogen (secondary N) is 3. The predicted molar refractivity (Wildman–Crippen MR) is 100 cm³/mol. The summed E-state index contributed by atoms with van der Waals surface area (Å²) in [6.07, 6.45) is 0.597. The molecule has 1 aromatic heterocycles. The van der Waals surface area contributed by atoms with Crippen molar-refractivity contribution >= 4 is 35.8 Å². The van der Waals surface area contributed by atoms with Gasteiger partial charge in [0, 0.05) is 25.0 Å². The Kier molecular flexibility index (Phi) is 9.77. The highest BCUT2D eigenvalue weighted by atomic mass is 127. The van der Waals surface area contributed by atoms with Crippen molar-refractivity contribution in [3.63, 3.8) is 0 Å². The summed E-state index contributed by atoms with van der Waals surface area (Å²) < 4.78 is 5.03. The standard InChI is InChI=1S/C14H26N6O2.HI/c1-6-15-13(17-9-11(21)19-14(3,4)5)16-8-7-12-18-10(2)20-22-12;/h6-9H2,1-5H3,(H,19,21)(H2,15,16,17);1H. The molecule has 0 spiro atoms. The lowest BCUT2D eigenvalue weighted by atomic mass is 10.1. The minimum Gasteiger partial charge on any atom is -0.357 e. The number of aryl methyl sites for hydroxylation is 1. The summed E-state index contributed by atoms with van der Waals surface area (Å²) in [5.41, 5.74) is -0.256. The van der Waals surface area contributed by atoms with Gasteiger partial charge in [-0.3, -0.25) is 4.79 Å². The molecule has 0 saturated carbocycles. The van der Waals surface area contributed by atoms with Gasteiger partial charge in [-0.25, -0.2) is 4.99 Å². The summed E-state index contributed by atoms with van der Waals surface area (Å²) in [4.78, 5) is 20.1. The van der Waals surface area contributed by atoms with Crippen LogP contribution in [-0.2, 0) is 11.2 Å².